The van der Waals surface area contributed by atoms with Crippen LogP contribution in [0.1, 0.15) is 15.9 Å². The molecule has 0 atom stereocenters. The Bertz CT molecular complexity index is 636. The number of amides is 1. The predicted molar refractivity (Wildman–Crippen MR) is 81.5 cm³/mol. The molecule has 0 aliphatic carbocycles. The smallest absolute Gasteiger partial charge is 0.255 e. The molecule has 3 N–H and O–H groups in total. The van der Waals surface area contributed by atoms with Crippen LogP contribution in [-0.2, 0) is 0 Å². The second kappa shape index (κ2) is 5.84. The number of hydrogen-bond acceptors (Lipinski definition) is 3. The third-order valence-electron chi connectivity index (χ3n) is 2.95. The molecule has 2 aromatic carbocycles. The highest BCUT2D eigenvalue weighted by atomic mass is 35.5. The summed E-state index contributed by atoms with van der Waals surface area (Å²) in [6.45, 7) is 1.91. The number of carbonyl (C=O) groups excluding carboxylic acids is 1. The van der Waals surface area contributed by atoms with Crippen molar-refractivity contribution in [1.82, 2.24) is 0 Å². The molecule has 0 aliphatic rings. The number of rotatable bonds is 3. The first kappa shape index (κ1) is 14.2. The van der Waals surface area contributed by atoms with Gasteiger partial charge in [0.05, 0.1) is 23.5 Å². The molecule has 5 heteroatoms. The fourth-order valence-corrected chi connectivity index (χ4v) is 2.05. The van der Waals surface area contributed by atoms with E-state index in [-0.39, 0.29) is 5.91 Å². The van der Waals surface area contributed by atoms with Gasteiger partial charge in [0.1, 0.15) is 5.75 Å². The molecule has 0 spiro atoms. The molecule has 0 heterocycles. The Labute approximate surface area is 122 Å². The number of anilines is 2. The van der Waals surface area contributed by atoms with Crippen molar-refractivity contribution in [3.8, 4) is 5.75 Å². The Hall–Kier alpha value is -2.20. The van der Waals surface area contributed by atoms with Crippen molar-refractivity contribution < 1.29 is 9.53 Å². The summed E-state index contributed by atoms with van der Waals surface area (Å²) in [4.78, 5) is 12.2. The van der Waals surface area contributed by atoms with Gasteiger partial charge in [-0.1, -0.05) is 23.7 Å². The molecule has 2 aromatic rings. The van der Waals surface area contributed by atoms with E-state index < -0.39 is 0 Å². The van der Waals surface area contributed by atoms with Gasteiger partial charge in [-0.3, -0.25) is 4.79 Å². The maximum Gasteiger partial charge on any atom is 0.255 e. The number of para-hydroxylation sites is 1. The molecule has 0 saturated carbocycles. The molecule has 0 radical (unpaired) electrons. The van der Waals surface area contributed by atoms with Crippen molar-refractivity contribution in [2.24, 2.45) is 0 Å². The number of aryl methyl sites for hydroxylation is 1. The first-order valence-electron chi connectivity index (χ1n) is 6.03. The van der Waals surface area contributed by atoms with Gasteiger partial charge in [0.15, 0.2) is 0 Å². The summed E-state index contributed by atoms with van der Waals surface area (Å²) in [5.41, 5.74) is 8.08. The minimum atomic E-state index is -0.289. The van der Waals surface area contributed by atoms with Crippen LogP contribution in [0, 0.1) is 6.92 Å². The van der Waals surface area contributed by atoms with Gasteiger partial charge in [-0.25, -0.2) is 0 Å². The Morgan fingerprint density at radius 1 is 1.30 bits per heavy atom. The molecule has 1 amide bonds. The SMILES string of the molecule is COc1cc(C(=O)Nc2c(N)cccc2Cl)ccc1C. The number of halogens is 1. The number of carbonyl (C=O) groups is 1. The van der Waals surface area contributed by atoms with E-state index in [4.69, 9.17) is 22.1 Å². The van der Waals surface area contributed by atoms with Crippen molar-refractivity contribution in [3.05, 3.63) is 52.5 Å². The second-order valence-corrected chi connectivity index (χ2v) is 4.75. The highest BCUT2D eigenvalue weighted by molar-refractivity contribution is 6.34. The molecule has 0 saturated heterocycles. The van der Waals surface area contributed by atoms with Gasteiger partial charge in [0, 0.05) is 5.56 Å². The van der Waals surface area contributed by atoms with Gasteiger partial charge in [0.25, 0.3) is 5.91 Å². The molecule has 20 heavy (non-hydrogen) atoms. The molecule has 0 aromatic heterocycles. The normalized spacial score (nSPS) is 10.2. The van der Waals surface area contributed by atoms with Gasteiger partial charge in [-0.05, 0) is 36.8 Å². The first-order valence-corrected chi connectivity index (χ1v) is 6.40. The number of methoxy groups -OCH3 is 1. The minimum Gasteiger partial charge on any atom is -0.496 e. The quantitative estimate of drug-likeness (QED) is 0.851. The zero-order valence-electron chi connectivity index (χ0n) is 11.2. The zero-order valence-corrected chi connectivity index (χ0v) is 12.0. The van der Waals surface area contributed by atoms with Gasteiger partial charge in [0.2, 0.25) is 0 Å². The molecule has 104 valence electrons. The summed E-state index contributed by atoms with van der Waals surface area (Å²) < 4.78 is 5.20. The maximum atomic E-state index is 12.2. The molecule has 0 aliphatic heterocycles. The fraction of sp³-hybridized carbons (Fsp3) is 0.133. The molecule has 0 unspecified atom stereocenters. The standard InChI is InChI=1S/C15H15ClN2O2/c1-9-6-7-10(8-13(9)20-2)15(19)18-14-11(16)4-3-5-12(14)17/h3-8H,17H2,1-2H3,(H,18,19). The molecular formula is C15H15ClN2O2. The summed E-state index contributed by atoms with van der Waals surface area (Å²) in [5.74, 6) is 0.368. The summed E-state index contributed by atoms with van der Waals surface area (Å²) in [5, 5.41) is 3.11. The van der Waals surface area contributed by atoms with Gasteiger partial charge >= 0.3 is 0 Å². The number of nitrogen functional groups attached to an aromatic ring is 1. The average Bonchev–Trinajstić information content (AvgIpc) is 2.43. The second-order valence-electron chi connectivity index (χ2n) is 4.34. The fourth-order valence-electron chi connectivity index (χ4n) is 1.82. The lowest BCUT2D eigenvalue weighted by molar-refractivity contribution is 0.102. The van der Waals surface area contributed by atoms with E-state index in [0.29, 0.717) is 27.7 Å². The molecule has 4 nitrogen and oxygen atoms in total. The summed E-state index contributed by atoms with van der Waals surface area (Å²) in [6.07, 6.45) is 0. The minimum absolute atomic E-state index is 0.289. The third-order valence-corrected chi connectivity index (χ3v) is 3.27. The summed E-state index contributed by atoms with van der Waals surface area (Å²) in [7, 11) is 1.57. The Morgan fingerprint density at radius 2 is 2.05 bits per heavy atom. The van der Waals surface area contributed by atoms with Crippen molar-refractivity contribution in [2.45, 2.75) is 6.92 Å². The van der Waals surface area contributed by atoms with Crippen LogP contribution in [0.4, 0.5) is 11.4 Å². The van der Waals surface area contributed by atoms with E-state index in [9.17, 15) is 4.79 Å². The average molecular weight is 291 g/mol. The molecule has 2 rings (SSSR count). The lowest BCUT2D eigenvalue weighted by Crippen LogP contribution is -2.13. The number of benzene rings is 2. The predicted octanol–water partition coefficient (Wildman–Crippen LogP) is 3.49. The van der Waals surface area contributed by atoms with Crippen molar-refractivity contribution in [2.75, 3.05) is 18.2 Å². The van der Waals surface area contributed by atoms with Gasteiger partial charge < -0.3 is 15.8 Å². The van der Waals surface area contributed by atoms with Crippen molar-refractivity contribution >= 4 is 28.9 Å². The van der Waals surface area contributed by atoms with Crippen LogP contribution in [0.2, 0.25) is 5.02 Å². The van der Waals surface area contributed by atoms with Crippen LogP contribution in [-0.4, -0.2) is 13.0 Å². The Morgan fingerprint density at radius 3 is 2.70 bits per heavy atom. The Kier molecular flexibility index (Phi) is 4.15. The van der Waals surface area contributed by atoms with E-state index in [0.717, 1.165) is 5.56 Å². The largest absolute Gasteiger partial charge is 0.496 e. The van der Waals surface area contributed by atoms with E-state index in [2.05, 4.69) is 5.32 Å². The van der Waals surface area contributed by atoms with Gasteiger partial charge in [-0.15, -0.1) is 0 Å². The topological polar surface area (TPSA) is 64.3 Å². The molecular weight excluding hydrogens is 276 g/mol. The maximum absolute atomic E-state index is 12.2. The van der Waals surface area contributed by atoms with Crippen molar-refractivity contribution in [3.63, 3.8) is 0 Å². The zero-order chi connectivity index (χ0) is 14.7. The highest BCUT2D eigenvalue weighted by Crippen LogP contribution is 2.28. The van der Waals surface area contributed by atoms with Crippen LogP contribution < -0.4 is 15.8 Å². The van der Waals surface area contributed by atoms with Crippen LogP contribution in [0.15, 0.2) is 36.4 Å². The number of ether oxygens (including phenoxy) is 1. The highest BCUT2D eigenvalue weighted by Gasteiger charge is 2.12. The third kappa shape index (κ3) is 2.86. The number of nitrogens with two attached hydrogens (primary N) is 1. The van der Waals surface area contributed by atoms with E-state index in [1.807, 2.05) is 13.0 Å². The Balaban J connectivity index is 2.29. The summed E-state index contributed by atoms with van der Waals surface area (Å²) in [6, 6.07) is 10.3. The molecule has 0 bridgehead atoms. The van der Waals surface area contributed by atoms with Crippen LogP contribution in [0.25, 0.3) is 0 Å². The van der Waals surface area contributed by atoms with E-state index in [1.165, 1.54) is 0 Å². The van der Waals surface area contributed by atoms with Gasteiger partial charge in [-0.2, -0.15) is 0 Å². The lowest BCUT2D eigenvalue weighted by atomic mass is 10.1. The molecule has 0 fully saturated rings. The number of hydrogen-bond donors (Lipinski definition) is 2. The van der Waals surface area contributed by atoms with Crippen LogP contribution >= 0.6 is 11.6 Å². The van der Waals surface area contributed by atoms with Crippen molar-refractivity contribution in [1.29, 1.82) is 0 Å². The van der Waals surface area contributed by atoms with E-state index >= 15 is 0 Å². The van der Waals surface area contributed by atoms with E-state index in [1.54, 1.807) is 37.4 Å². The van der Waals surface area contributed by atoms with Crippen LogP contribution in [0.3, 0.4) is 0 Å². The first-order chi connectivity index (χ1) is 9.52. The number of nitrogens with one attached hydrogen (secondary N) is 1. The van der Waals surface area contributed by atoms with Crippen LogP contribution in [0.5, 0.6) is 5.75 Å². The lowest BCUT2D eigenvalue weighted by Gasteiger charge is -2.11. The summed E-state index contributed by atoms with van der Waals surface area (Å²) >= 11 is 6.03. The monoisotopic (exact) mass is 290 g/mol.